The molecule has 0 aliphatic carbocycles. The second-order valence-corrected chi connectivity index (χ2v) is 6.64. The monoisotopic (exact) mass is 353 g/mol. The van der Waals surface area contributed by atoms with Gasteiger partial charge in [0.25, 0.3) is 0 Å². The van der Waals surface area contributed by atoms with Crippen molar-refractivity contribution in [3.05, 3.63) is 35.6 Å². The van der Waals surface area contributed by atoms with E-state index in [9.17, 15) is 9.59 Å². The Bertz CT molecular complexity index is 719. The minimum absolute atomic E-state index is 0.0381. The number of rotatable bonds is 5. The molecular formula is C14H16ClN5O2S. The number of nitrogens with zero attached hydrogens (tertiary/aromatic N) is 3. The van der Waals surface area contributed by atoms with Gasteiger partial charge in [-0.2, -0.15) is 0 Å². The van der Waals surface area contributed by atoms with Crippen molar-refractivity contribution < 1.29 is 9.59 Å². The number of carbonyl (C=O) groups excluding carboxylic acids is 2. The van der Waals surface area contributed by atoms with E-state index in [0.29, 0.717) is 10.2 Å². The second kappa shape index (κ2) is 7.47. The first-order valence-corrected chi connectivity index (χ1v) is 8.07. The molecule has 0 spiro atoms. The third-order valence-corrected chi connectivity index (χ3v) is 4.68. The number of nitrogens with one attached hydrogen (secondary N) is 1. The fourth-order valence-electron chi connectivity index (χ4n) is 1.91. The van der Waals surface area contributed by atoms with Gasteiger partial charge in [-0.15, -0.1) is 10.2 Å². The van der Waals surface area contributed by atoms with Gasteiger partial charge in [0.15, 0.2) is 5.16 Å². The van der Waals surface area contributed by atoms with Crippen LogP contribution in [0.3, 0.4) is 0 Å². The lowest BCUT2D eigenvalue weighted by Gasteiger charge is -2.18. The molecular weight excluding hydrogens is 338 g/mol. The molecule has 0 aliphatic rings. The highest BCUT2D eigenvalue weighted by Gasteiger charge is 2.26. The predicted octanol–water partition coefficient (Wildman–Crippen LogP) is 2.23. The lowest BCUT2D eigenvalue weighted by atomic mass is 10.1. The number of imide groups is 1. The lowest BCUT2D eigenvalue weighted by molar-refractivity contribution is -0.120. The molecule has 9 heteroatoms. The number of carbonyl (C=O) groups is 2. The van der Waals surface area contributed by atoms with Crippen LogP contribution < -0.4 is 11.1 Å². The summed E-state index contributed by atoms with van der Waals surface area (Å²) in [5, 5.41) is 10.6. The van der Waals surface area contributed by atoms with Crippen LogP contribution >= 0.6 is 23.4 Å². The standard InChI is InChI=1S/C14H16ClN5O2S/c1-8(2)11(12(21)18-13(16)22)23-14-19-17-7-20(14)10-5-3-4-9(15)6-10/h3-8,11H,1-2H3,(H3,16,18,21,22). The average molecular weight is 354 g/mol. The van der Waals surface area contributed by atoms with E-state index in [-0.39, 0.29) is 5.92 Å². The Kier molecular flexibility index (Phi) is 5.62. The van der Waals surface area contributed by atoms with Gasteiger partial charge in [-0.1, -0.05) is 43.3 Å². The maximum Gasteiger partial charge on any atom is 0.318 e. The molecule has 23 heavy (non-hydrogen) atoms. The molecule has 7 nitrogen and oxygen atoms in total. The molecule has 0 aliphatic heterocycles. The predicted molar refractivity (Wildman–Crippen MR) is 88.6 cm³/mol. The summed E-state index contributed by atoms with van der Waals surface area (Å²) < 4.78 is 1.73. The first-order chi connectivity index (χ1) is 10.9. The molecule has 0 saturated heterocycles. The normalized spacial score (nSPS) is 12.2. The Morgan fingerprint density at radius 2 is 2.13 bits per heavy atom. The number of benzene rings is 1. The van der Waals surface area contributed by atoms with Crippen molar-refractivity contribution in [2.24, 2.45) is 11.7 Å². The number of urea groups is 1. The van der Waals surface area contributed by atoms with Gasteiger partial charge in [0.1, 0.15) is 6.33 Å². The SMILES string of the molecule is CC(C)C(Sc1nncn1-c1cccc(Cl)c1)C(=O)NC(N)=O. The Morgan fingerprint density at radius 1 is 1.39 bits per heavy atom. The fourth-order valence-corrected chi connectivity index (χ4v) is 3.12. The van der Waals surface area contributed by atoms with Crippen LogP contribution in [0.15, 0.2) is 35.7 Å². The molecule has 1 unspecified atom stereocenters. The summed E-state index contributed by atoms with van der Waals surface area (Å²) in [6.07, 6.45) is 1.54. The molecule has 1 atom stereocenters. The van der Waals surface area contributed by atoms with E-state index < -0.39 is 17.2 Å². The number of amides is 3. The molecule has 1 aromatic carbocycles. The Labute approximate surface area is 142 Å². The van der Waals surface area contributed by atoms with E-state index in [1.165, 1.54) is 18.1 Å². The smallest absolute Gasteiger partial charge is 0.318 e. The summed E-state index contributed by atoms with van der Waals surface area (Å²) in [5.41, 5.74) is 5.79. The highest BCUT2D eigenvalue weighted by Crippen LogP contribution is 2.29. The van der Waals surface area contributed by atoms with Crippen LogP contribution in [0.1, 0.15) is 13.8 Å². The summed E-state index contributed by atoms with van der Waals surface area (Å²) in [6, 6.07) is 6.32. The van der Waals surface area contributed by atoms with Crippen LogP contribution in [0, 0.1) is 5.92 Å². The Balaban J connectivity index is 2.27. The van der Waals surface area contributed by atoms with Crippen molar-refractivity contribution in [3.8, 4) is 5.69 Å². The number of aromatic nitrogens is 3. The van der Waals surface area contributed by atoms with E-state index in [1.54, 1.807) is 16.7 Å². The van der Waals surface area contributed by atoms with Gasteiger partial charge < -0.3 is 5.73 Å². The van der Waals surface area contributed by atoms with E-state index in [4.69, 9.17) is 17.3 Å². The zero-order chi connectivity index (χ0) is 17.0. The first kappa shape index (κ1) is 17.3. The van der Waals surface area contributed by atoms with E-state index in [2.05, 4.69) is 15.5 Å². The Morgan fingerprint density at radius 3 is 2.74 bits per heavy atom. The molecule has 2 aromatic rings. The zero-order valence-corrected chi connectivity index (χ0v) is 14.1. The number of nitrogens with two attached hydrogens (primary N) is 1. The minimum Gasteiger partial charge on any atom is -0.351 e. The van der Waals surface area contributed by atoms with Gasteiger partial charge in [-0.25, -0.2) is 4.79 Å². The second-order valence-electron chi connectivity index (χ2n) is 5.10. The van der Waals surface area contributed by atoms with Gasteiger partial charge in [-0.3, -0.25) is 14.7 Å². The number of halogens is 1. The van der Waals surface area contributed by atoms with E-state index in [0.717, 1.165) is 5.69 Å². The third-order valence-electron chi connectivity index (χ3n) is 2.95. The fraction of sp³-hybridized carbons (Fsp3) is 0.286. The van der Waals surface area contributed by atoms with Crippen molar-refractivity contribution in [1.29, 1.82) is 0 Å². The van der Waals surface area contributed by atoms with Crippen molar-refractivity contribution in [2.75, 3.05) is 0 Å². The van der Waals surface area contributed by atoms with E-state index in [1.807, 2.05) is 26.0 Å². The van der Waals surface area contributed by atoms with Crippen molar-refractivity contribution in [3.63, 3.8) is 0 Å². The van der Waals surface area contributed by atoms with Crippen molar-refractivity contribution in [2.45, 2.75) is 24.3 Å². The topological polar surface area (TPSA) is 103 Å². The van der Waals surface area contributed by atoms with Crippen LogP contribution in [0.4, 0.5) is 4.79 Å². The molecule has 2 rings (SSSR count). The number of hydrogen-bond acceptors (Lipinski definition) is 5. The maximum atomic E-state index is 12.1. The highest BCUT2D eigenvalue weighted by atomic mass is 35.5. The van der Waals surface area contributed by atoms with Gasteiger partial charge >= 0.3 is 6.03 Å². The lowest BCUT2D eigenvalue weighted by Crippen LogP contribution is -2.42. The summed E-state index contributed by atoms with van der Waals surface area (Å²) in [6.45, 7) is 3.75. The molecule has 1 aromatic heterocycles. The van der Waals surface area contributed by atoms with Crippen LogP contribution in [0.25, 0.3) is 5.69 Å². The third kappa shape index (κ3) is 4.46. The summed E-state index contributed by atoms with van der Waals surface area (Å²) in [4.78, 5) is 23.0. The highest BCUT2D eigenvalue weighted by molar-refractivity contribution is 8.00. The van der Waals surface area contributed by atoms with Crippen LogP contribution in [0.5, 0.6) is 0 Å². The van der Waals surface area contributed by atoms with Crippen LogP contribution in [-0.4, -0.2) is 32.0 Å². The maximum absolute atomic E-state index is 12.1. The van der Waals surface area contributed by atoms with Gasteiger partial charge in [0.05, 0.1) is 10.9 Å². The van der Waals surface area contributed by atoms with Crippen LogP contribution in [-0.2, 0) is 4.79 Å². The number of primary amides is 1. The van der Waals surface area contributed by atoms with E-state index >= 15 is 0 Å². The first-order valence-electron chi connectivity index (χ1n) is 6.81. The summed E-state index contributed by atoms with van der Waals surface area (Å²) in [5.74, 6) is -0.498. The molecule has 0 radical (unpaired) electrons. The number of hydrogen-bond donors (Lipinski definition) is 2. The van der Waals surface area contributed by atoms with Crippen molar-refractivity contribution in [1.82, 2.24) is 20.1 Å². The molecule has 3 N–H and O–H groups in total. The zero-order valence-electron chi connectivity index (χ0n) is 12.6. The summed E-state index contributed by atoms with van der Waals surface area (Å²) in [7, 11) is 0. The molecule has 3 amide bonds. The largest absolute Gasteiger partial charge is 0.351 e. The van der Waals surface area contributed by atoms with Gasteiger partial charge in [0.2, 0.25) is 5.91 Å². The average Bonchev–Trinajstić information content (AvgIpc) is 2.91. The molecule has 1 heterocycles. The van der Waals surface area contributed by atoms with Crippen LogP contribution in [0.2, 0.25) is 5.02 Å². The quantitative estimate of drug-likeness (QED) is 0.802. The molecule has 0 saturated carbocycles. The minimum atomic E-state index is -0.877. The molecule has 122 valence electrons. The number of thioether (sulfide) groups is 1. The molecule has 0 bridgehead atoms. The molecule has 0 fully saturated rings. The van der Waals surface area contributed by atoms with Gasteiger partial charge in [-0.05, 0) is 24.1 Å². The Hall–Kier alpha value is -2.06. The summed E-state index contributed by atoms with van der Waals surface area (Å²) >= 11 is 7.21. The van der Waals surface area contributed by atoms with Gasteiger partial charge in [0, 0.05) is 5.02 Å². The van der Waals surface area contributed by atoms with Crippen molar-refractivity contribution >= 4 is 35.3 Å².